The fourth-order valence-corrected chi connectivity index (χ4v) is 6.40. The minimum Gasteiger partial charge on any atom is -0.508 e. The quantitative estimate of drug-likeness (QED) is 0.329. The molecule has 0 aliphatic heterocycles. The van der Waals surface area contributed by atoms with E-state index in [2.05, 4.69) is 64.1 Å². The zero-order valence-corrected chi connectivity index (χ0v) is 21.6. The lowest BCUT2D eigenvalue weighted by molar-refractivity contribution is 0.172. The molecule has 1 saturated carbocycles. The highest BCUT2D eigenvalue weighted by molar-refractivity contribution is 5.49. The molecule has 3 heteroatoms. The van der Waals surface area contributed by atoms with Crippen molar-refractivity contribution in [2.75, 3.05) is 0 Å². The lowest BCUT2D eigenvalue weighted by Gasteiger charge is -2.47. The molecule has 1 unspecified atom stereocenters. The first-order valence-corrected chi connectivity index (χ1v) is 13.2. The van der Waals surface area contributed by atoms with E-state index in [-0.39, 0.29) is 10.8 Å². The average Bonchev–Trinajstić information content (AvgIpc) is 2.89. The van der Waals surface area contributed by atoms with E-state index in [1.54, 1.807) is 0 Å². The second kappa shape index (κ2) is 9.97. The van der Waals surface area contributed by atoms with Crippen LogP contribution in [0.5, 0.6) is 17.2 Å². The van der Waals surface area contributed by atoms with Gasteiger partial charge in [0.1, 0.15) is 17.2 Å². The summed E-state index contributed by atoms with van der Waals surface area (Å²) in [6.45, 7) is 8.82. The topological polar surface area (TPSA) is 60.7 Å². The molecule has 3 nitrogen and oxygen atoms in total. The summed E-state index contributed by atoms with van der Waals surface area (Å²) in [5.74, 6) is 1.58. The van der Waals surface area contributed by atoms with Gasteiger partial charge in [-0.2, -0.15) is 0 Å². The number of aryl methyl sites for hydroxylation is 2. The van der Waals surface area contributed by atoms with Crippen molar-refractivity contribution in [2.45, 2.75) is 83.5 Å². The van der Waals surface area contributed by atoms with E-state index in [9.17, 15) is 15.3 Å². The Morgan fingerprint density at radius 3 is 1.66 bits per heavy atom. The van der Waals surface area contributed by atoms with E-state index in [4.69, 9.17) is 0 Å². The lowest BCUT2D eigenvalue weighted by Crippen LogP contribution is -2.40. The Labute approximate surface area is 210 Å². The third kappa shape index (κ3) is 4.53. The largest absolute Gasteiger partial charge is 0.508 e. The molecule has 0 radical (unpaired) electrons. The predicted molar refractivity (Wildman–Crippen MR) is 143 cm³/mol. The Hall–Kier alpha value is -2.94. The fourth-order valence-electron chi connectivity index (χ4n) is 6.40. The maximum absolute atomic E-state index is 10.4. The molecule has 1 atom stereocenters. The molecule has 0 saturated heterocycles. The third-order valence-electron chi connectivity index (χ3n) is 9.03. The van der Waals surface area contributed by atoms with Crippen LogP contribution in [0.1, 0.15) is 87.6 Å². The summed E-state index contributed by atoms with van der Waals surface area (Å²) in [5.41, 5.74) is 5.71. The SMILES string of the molecule is CCc1cc(C2(c3ccc(O)c(CC)c3)CCC(C(C)(CC)c3ccc(O)cc3)CC2)ccc1O. The van der Waals surface area contributed by atoms with Gasteiger partial charge < -0.3 is 15.3 Å². The highest BCUT2D eigenvalue weighted by atomic mass is 16.3. The molecule has 1 aliphatic rings. The van der Waals surface area contributed by atoms with Crippen LogP contribution in [0.25, 0.3) is 0 Å². The number of hydrogen-bond acceptors (Lipinski definition) is 3. The van der Waals surface area contributed by atoms with Gasteiger partial charge in [-0.25, -0.2) is 0 Å². The summed E-state index contributed by atoms with van der Waals surface area (Å²) in [6.07, 6.45) is 6.87. The van der Waals surface area contributed by atoms with Crippen molar-refractivity contribution in [3.05, 3.63) is 88.5 Å². The second-order valence-corrected chi connectivity index (χ2v) is 10.6. The van der Waals surface area contributed by atoms with Gasteiger partial charge in [-0.3, -0.25) is 0 Å². The van der Waals surface area contributed by atoms with E-state index in [1.807, 2.05) is 24.3 Å². The Morgan fingerprint density at radius 1 is 0.743 bits per heavy atom. The first-order chi connectivity index (χ1) is 16.8. The van der Waals surface area contributed by atoms with Crippen LogP contribution in [0.2, 0.25) is 0 Å². The molecule has 3 aromatic carbocycles. The molecule has 1 fully saturated rings. The number of phenols is 3. The Morgan fingerprint density at radius 2 is 1.23 bits per heavy atom. The van der Waals surface area contributed by atoms with Gasteiger partial charge in [0.15, 0.2) is 0 Å². The first-order valence-electron chi connectivity index (χ1n) is 13.2. The maximum Gasteiger partial charge on any atom is 0.118 e. The summed E-state index contributed by atoms with van der Waals surface area (Å²) >= 11 is 0. The number of rotatable bonds is 7. The molecule has 0 aromatic heterocycles. The van der Waals surface area contributed by atoms with Crippen LogP contribution in [0.15, 0.2) is 60.7 Å². The highest BCUT2D eigenvalue weighted by Gasteiger charge is 2.44. The van der Waals surface area contributed by atoms with Crippen LogP contribution in [-0.2, 0) is 23.7 Å². The molecule has 0 spiro atoms. The number of phenolic OH excluding ortho intramolecular Hbond substituents is 3. The number of hydrogen-bond donors (Lipinski definition) is 3. The molecule has 3 aromatic rings. The monoisotopic (exact) mass is 472 g/mol. The highest BCUT2D eigenvalue weighted by Crippen LogP contribution is 2.52. The van der Waals surface area contributed by atoms with Crippen molar-refractivity contribution in [3.63, 3.8) is 0 Å². The third-order valence-corrected chi connectivity index (χ3v) is 9.03. The van der Waals surface area contributed by atoms with Crippen molar-refractivity contribution in [1.82, 2.24) is 0 Å². The molecule has 1 aliphatic carbocycles. The summed E-state index contributed by atoms with van der Waals surface area (Å²) in [7, 11) is 0. The van der Waals surface area contributed by atoms with Crippen molar-refractivity contribution >= 4 is 0 Å². The minimum atomic E-state index is -0.144. The van der Waals surface area contributed by atoms with Gasteiger partial charge in [0.25, 0.3) is 0 Å². The zero-order valence-electron chi connectivity index (χ0n) is 21.6. The number of aromatic hydroxyl groups is 3. The van der Waals surface area contributed by atoms with Crippen LogP contribution in [0, 0.1) is 5.92 Å². The van der Waals surface area contributed by atoms with Crippen LogP contribution in [0.3, 0.4) is 0 Å². The Bertz CT molecular complexity index is 1100. The van der Waals surface area contributed by atoms with Crippen molar-refractivity contribution in [1.29, 1.82) is 0 Å². The van der Waals surface area contributed by atoms with Gasteiger partial charge in [0.2, 0.25) is 0 Å². The van der Waals surface area contributed by atoms with E-state index >= 15 is 0 Å². The molecular formula is C32H40O3. The fraction of sp³-hybridized carbons (Fsp3) is 0.438. The summed E-state index contributed by atoms with van der Waals surface area (Å²) in [6, 6.07) is 20.1. The van der Waals surface area contributed by atoms with E-state index in [0.29, 0.717) is 23.2 Å². The van der Waals surface area contributed by atoms with Crippen LogP contribution in [0.4, 0.5) is 0 Å². The average molecular weight is 473 g/mol. The summed E-state index contributed by atoms with van der Waals surface area (Å²) < 4.78 is 0. The molecule has 186 valence electrons. The van der Waals surface area contributed by atoms with Gasteiger partial charge in [-0.15, -0.1) is 0 Å². The molecule has 3 N–H and O–H groups in total. The summed E-state index contributed by atoms with van der Waals surface area (Å²) in [4.78, 5) is 0. The van der Waals surface area contributed by atoms with Crippen LogP contribution in [-0.4, -0.2) is 15.3 Å². The molecule has 0 amide bonds. The van der Waals surface area contributed by atoms with E-state index < -0.39 is 0 Å². The van der Waals surface area contributed by atoms with E-state index in [0.717, 1.165) is 56.1 Å². The minimum absolute atomic E-state index is 0.0485. The van der Waals surface area contributed by atoms with Gasteiger partial charge in [0.05, 0.1) is 0 Å². The van der Waals surface area contributed by atoms with Crippen LogP contribution >= 0.6 is 0 Å². The summed E-state index contributed by atoms with van der Waals surface area (Å²) in [5, 5.41) is 30.6. The normalized spacial score (nSPS) is 17.7. The van der Waals surface area contributed by atoms with Gasteiger partial charge in [-0.1, -0.05) is 64.1 Å². The van der Waals surface area contributed by atoms with E-state index in [1.165, 1.54) is 16.7 Å². The molecule has 0 bridgehead atoms. The van der Waals surface area contributed by atoms with Crippen molar-refractivity contribution < 1.29 is 15.3 Å². The zero-order chi connectivity index (χ0) is 25.2. The Balaban J connectivity index is 1.75. The molecule has 4 rings (SSSR count). The van der Waals surface area contributed by atoms with Gasteiger partial charge >= 0.3 is 0 Å². The standard InChI is InChI=1S/C32H40O3/c1-5-22-20-26(10-14-29(22)34)32(27-11-15-30(35)23(6-2)21-27)18-16-25(17-19-32)31(4,7-3)24-8-12-28(33)13-9-24/h8-15,20-21,25,33-35H,5-7,16-19H2,1-4H3. The van der Waals surface area contributed by atoms with Crippen molar-refractivity contribution in [3.8, 4) is 17.2 Å². The molecule has 35 heavy (non-hydrogen) atoms. The first kappa shape index (κ1) is 25.2. The smallest absolute Gasteiger partial charge is 0.118 e. The Kier molecular flexibility index (Phi) is 7.17. The van der Waals surface area contributed by atoms with Crippen molar-refractivity contribution in [2.24, 2.45) is 5.92 Å². The lowest BCUT2D eigenvalue weighted by atomic mass is 9.57. The predicted octanol–water partition coefficient (Wildman–Crippen LogP) is 7.77. The molecule has 0 heterocycles. The van der Waals surface area contributed by atoms with Gasteiger partial charge in [0, 0.05) is 5.41 Å². The van der Waals surface area contributed by atoms with Gasteiger partial charge in [-0.05, 0) is 108 Å². The number of benzene rings is 3. The maximum atomic E-state index is 10.4. The molecular weight excluding hydrogens is 432 g/mol. The second-order valence-electron chi connectivity index (χ2n) is 10.6. The van der Waals surface area contributed by atoms with Crippen LogP contribution < -0.4 is 0 Å².